The molecular weight excluding hydrogens is 244 g/mol. The molecule has 0 fully saturated rings. The van der Waals surface area contributed by atoms with Gasteiger partial charge in [-0.3, -0.25) is 0 Å². The highest BCUT2D eigenvalue weighted by atomic mass is 16.5. The Bertz CT molecular complexity index is 556. The predicted molar refractivity (Wildman–Crippen MR) is 72.3 cm³/mol. The molecule has 104 valence electrons. The molecule has 2 heterocycles. The first-order valence-electron chi connectivity index (χ1n) is 6.47. The highest BCUT2D eigenvalue weighted by molar-refractivity contribution is 5.95. The first kappa shape index (κ1) is 13.6. The van der Waals surface area contributed by atoms with Gasteiger partial charge in [-0.15, -0.1) is 0 Å². The Balaban J connectivity index is 2.20. The number of nitrogens with zero attached hydrogens (tertiary/aromatic N) is 4. The third-order valence-electron chi connectivity index (χ3n) is 2.93. The van der Waals surface area contributed by atoms with Crippen molar-refractivity contribution in [3.63, 3.8) is 0 Å². The molecule has 6 heteroatoms. The number of hydrogen-bond donors (Lipinski definition) is 0. The number of ether oxygens (including phenoxy) is 1. The van der Waals surface area contributed by atoms with E-state index < -0.39 is 0 Å². The van der Waals surface area contributed by atoms with Crippen molar-refractivity contribution in [1.82, 2.24) is 19.1 Å². The van der Waals surface area contributed by atoms with Crippen molar-refractivity contribution in [2.75, 3.05) is 27.2 Å². The largest absolute Gasteiger partial charge is 0.462 e. The zero-order valence-electron chi connectivity index (χ0n) is 11.7. The van der Waals surface area contributed by atoms with Gasteiger partial charge < -0.3 is 14.2 Å². The van der Waals surface area contributed by atoms with E-state index in [0.29, 0.717) is 12.2 Å². The molecule has 0 saturated heterocycles. The quantitative estimate of drug-likeness (QED) is 0.737. The Hall–Kier alpha value is -1.82. The van der Waals surface area contributed by atoms with Crippen LogP contribution in [0.1, 0.15) is 23.7 Å². The van der Waals surface area contributed by atoms with Crippen LogP contribution in [0.4, 0.5) is 0 Å². The van der Waals surface area contributed by atoms with Crippen LogP contribution < -0.4 is 0 Å². The Morgan fingerprint density at radius 2 is 2.21 bits per heavy atom. The number of esters is 1. The van der Waals surface area contributed by atoms with E-state index in [2.05, 4.69) is 10.00 Å². The van der Waals surface area contributed by atoms with Gasteiger partial charge in [-0.2, -0.15) is 5.10 Å². The molecule has 2 rings (SSSR count). The third kappa shape index (κ3) is 2.96. The van der Waals surface area contributed by atoms with E-state index in [1.807, 2.05) is 31.1 Å². The summed E-state index contributed by atoms with van der Waals surface area (Å²) in [5, 5.41) is 4.17. The van der Waals surface area contributed by atoms with Gasteiger partial charge in [0.05, 0.1) is 12.8 Å². The van der Waals surface area contributed by atoms with Gasteiger partial charge in [-0.25, -0.2) is 9.31 Å². The SMILES string of the molecule is CCOC(=O)c1cnn2ccn(CCCN(C)C)c12. The molecule has 0 radical (unpaired) electrons. The zero-order valence-corrected chi connectivity index (χ0v) is 11.7. The molecule has 0 aromatic carbocycles. The van der Waals surface area contributed by atoms with Crippen molar-refractivity contribution >= 4 is 11.6 Å². The molecule has 2 aromatic heterocycles. The minimum atomic E-state index is -0.315. The van der Waals surface area contributed by atoms with Crippen LogP contribution in [0.3, 0.4) is 0 Å². The first-order valence-corrected chi connectivity index (χ1v) is 6.47. The molecule has 0 spiro atoms. The number of aromatic nitrogens is 3. The number of rotatable bonds is 6. The lowest BCUT2D eigenvalue weighted by atomic mass is 10.3. The fourth-order valence-electron chi connectivity index (χ4n) is 2.06. The minimum absolute atomic E-state index is 0.315. The summed E-state index contributed by atoms with van der Waals surface area (Å²) in [7, 11) is 4.10. The van der Waals surface area contributed by atoms with Gasteiger partial charge in [0.2, 0.25) is 0 Å². The van der Waals surface area contributed by atoms with Crippen molar-refractivity contribution in [2.45, 2.75) is 19.9 Å². The van der Waals surface area contributed by atoms with Crippen molar-refractivity contribution in [2.24, 2.45) is 0 Å². The lowest BCUT2D eigenvalue weighted by molar-refractivity contribution is 0.0528. The molecule has 0 aliphatic heterocycles. The first-order chi connectivity index (χ1) is 9.13. The third-order valence-corrected chi connectivity index (χ3v) is 2.93. The maximum Gasteiger partial charge on any atom is 0.343 e. The average Bonchev–Trinajstić information content (AvgIpc) is 2.91. The van der Waals surface area contributed by atoms with Gasteiger partial charge in [0.15, 0.2) is 0 Å². The van der Waals surface area contributed by atoms with Crippen molar-refractivity contribution < 1.29 is 9.53 Å². The highest BCUT2D eigenvalue weighted by Gasteiger charge is 2.16. The second-order valence-corrected chi connectivity index (χ2v) is 4.70. The molecule has 0 amide bonds. The number of carbonyl (C=O) groups is 1. The fraction of sp³-hybridized carbons (Fsp3) is 0.538. The fourth-order valence-corrected chi connectivity index (χ4v) is 2.06. The standard InChI is InChI=1S/C13H20N4O2/c1-4-19-13(18)11-10-14-17-9-8-16(12(11)17)7-5-6-15(2)3/h8-10H,4-7H2,1-3H3. The van der Waals surface area contributed by atoms with E-state index in [-0.39, 0.29) is 5.97 Å². The van der Waals surface area contributed by atoms with Gasteiger partial charge in [0.1, 0.15) is 11.2 Å². The van der Waals surface area contributed by atoms with Crippen LogP contribution in [-0.2, 0) is 11.3 Å². The Labute approximate surface area is 112 Å². The van der Waals surface area contributed by atoms with Gasteiger partial charge >= 0.3 is 5.97 Å². The van der Waals surface area contributed by atoms with Crippen LogP contribution in [0.2, 0.25) is 0 Å². The van der Waals surface area contributed by atoms with Crippen LogP contribution in [0, 0.1) is 0 Å². The maximum absolute atomic E-state index is 11.9. The molecule has 0 aliphatic rings. The number of aryl methyl sites for hydroxylation is 1. The second kappa shape index (κ2) is 5.88. The lowest BCUT2D eigenvalue weighted by Crippen LogP contribution is -2.15. The number of fused-ring (bicyclic) bond motifs is 1. The zero-order chi connectivity index (χ0) is 13.8. The highest BCUT2D eigenvalue weighted by Crippen LogP contribution is 2.13. The van der Waals surface area contributed by atoms with Crippen LogP contribution in [0.5, 0.6) is 0 Å². The average molecular weight is 264 g/mol. The summed E-state index contributed by atoms with van der Waals surface area (Å²) in [6.45, 7) is 4.03. The molecule has 19 heavy (non-hydrogen) atoms. The number of imidazole rings is 1. The predicted octanol–water partition coefficient (Wildman–Crippen LogP) is 1.26. The number of carbonyl (C=O) groups excluding carboxylic acids is 1. The summed E-state index contributed by atoms with van der Waals surface area (Å²) in [5.74, 6) is -0.315. The van der Waals surface area contributed by atoms with Gasteiger partial charge in [0.25, 0.3) is 0 Å². The van der Waals surface area contributed by atoms with Gasteiger partial charge in [-0.1, -0.05) is 0 Å². The molecular formula is C13H20N4O2. The summed E-state index contributed by atoms with van der Waals surface area (Å²) in [4.78, 5) is 14.0. The van der Waals surface area contributed by atoms with Crippen molar-refractivity contribution in [3.8, 4) is 0 Å². The summed E-state index contributed by atoms with van der Waals surface area (Å²) < 4.78 is 8.80. The number of hydrogen-bond acceptors (Lipinski definition) is 4. The molecule has 6 nitrogen and oxygen atoms in total. The van der Waals surface area contributed by atoms with Crippen molar-refractivity contribution in [1.29, 1.82) is 0 Å². The van der Waals surface area contributed by atoms with E-state index >= 15 is 0 Å². The van der Waals surface area contributed by atoms with Gasteiger partial charge in [-0.05, 0) is 34.0 Å². The maximum atomic E-state index is 11.9. The Kier molecular flexibility index (Phi) is 4.21. The monoisotopic (exact) mass is 264 g/mol. The molecule has 2 aromatic rings. The summed E-state index contributed by atoms with van der Waals surface area (Å²) >= 11 is 0. The summed E-state index contributed by atoms with van der Waals surface area (Å²) in [6, 6.07) is 0. The van der Waals surface area contributed by atoms with E-state index in [1.54, 1.807) is 17.6 Å². The molecule has 0 atom stereocenters. The summed E-state index contributed by atoms with van der Waals surface area (Å²) in [5.41, 5.74) is 1.33. The van der Waals surface area contributed by atoms with Crippen LogP contribution in [0.25, 0.3) is 5.65 Å². The van der Waals surface area contributed by atoms with Crippen LogP contribution in [0.15, 0.2) is 18.6 Å². The second-order valence-electron chi connectivity index (χ2n) is 4.70. The smallest absolute Gasteiger partial charge is 0.343 e. The van der Waals surface area contributed by atoms with E-state index in [1.165, 1.54) is 0 Å². The topological polar surface area (TPSA) is 51.8 Å². The normalized spacial score (nSPS) is 11.4. The van der Waals surface area contributed by atoms with E-state index in [9.17, 15) is 4.79 Å². The Morgan fingerprint density at radius 1 is 1.42 bits per heavy atom. The van der Waals surface area contributed by atoms with Gasteiger partial charge in [0, 0.05) is 18.9 Å². The summed E-state index contributed by atoms with van der Waals surface area (Å²) in [6.07, 6.45) is 6.38. The molecule has 0 saturated carbocycles. The van der Waals surface area contributed by atoms with Crippen LogP contribution in [-0.4, -0.2) is 52.3 Å². The molecule has 0 aliphatic carbocycles. The lowest BCUT2D eigenvalue weighted by Gasteiger charge is -2.10. The van der Waals surface area contributed by atoms with E-state index in [4.69, 9.17) is 4.74 Å². The van der Waals surface area contributed by atoms with Crippen LogP contribution >= 0.6 is 0 Å². The molecule has 0 bridgehead atoms. The minimum Gasteiger partial charge on any atom is -0.462 e. The Morgan fingerprint density at radius 3 is 2.89 bits per heavy atom. The molecule has 0 N–H and O–H groups in total. The molecule has 0 unspecified atom stereocenters. The van der Waals surface area contributed by atoms with Crippen molar-refractivity contribution in [3.05, 3.63) is 24.2 Å². The van der Waals surface area contributed by atoms with E-state index in [0.717, 1.165) is 25.2 Å².